The Kier molecular flexibility index (Phi) is 4.28. The van der Waals surface area contributed by atoms with Gasteiger partial charge >= 0.3 is 0 Å². The molecule has 1 aromatic heterocycles. The van der Waals surface area contributed by atoms with Crippen molar-refractivity contribution in [2.45, 2.75) is 18.9 Å². The topological polar surface area (TPSA) is 83.3 Å². The van der Waals surface area contributed by atoms with Gasteiger partial charge in [0.15, 0.2) is 11.6 Å². The lowest BCUT2D eigenvalue weighted by Crippen LogP contribution is -2.46. The number of piperidine rings is 1. The molecular formula is C12H18FN5O. The highest BCUT2D eigenvalue weighted by Crippen LogP contribution is 2.15. The summed E-state index contributed by atoms with van der Waals surface area (Å²) in [6.07, 6.45) is 3.28. The summed E-state index contributed by atoms with van der Waals surface area (Å²) in [5.74, 6) is 3.84. The Morgan fingerprint density at radius 3 is 3.11 bits per heavy atom. The molecule has 2 rings (SSSR count). The lowest BCUT2D eigenvalue weighted by molar-refractivity contribution is 0.0908. The molecule has 104 valence electrons. The molecule has 0 aromatic carbocycles. The maximum Gasteiger partial charge on any atom is 0.254 e. The predicted octanol–water partition coefficient (Wildman–Crippen LogP) is 0.330. The third kappa shape index (κ3) is 3.18. The van der Waals surface area contributed by atoms with E-state index in [4.69, 9.17) is 5.84 Å². The molecule has 0 spiro atoms. The van der Waals surface area contributed by atoms with Crippen molar-refractivity contribution in [3.63, 3.8) is 0 Å². The van der Waals surface area contributed by atoms with Gasteiger partial charge in [0, 0.05) is 18.8 Å². The van der Waals surface area contributed by atoms with E-state index in [1.807, 2.05) is 7.05 Å². The molecule has 1 fully saturated rings. The summed E-state index contributed by atoms with van der Waals surface area (Å²) in [6.45, 7) is 1.80. The minimum Gasteiger partial charge on any atom is -0.348 e. The Labute approximate surface area is 111 Å². The van der Waals surface area contributed by atoms with Crippen molar-refractivity contribution in [2.24, 2.45) is 5.84 Å². The average Bonchev–Trinajstić information content (AvgIpc) is 2.39. The molecule has 4 N–H and O–H groups in total. The Balaban J connectivity index is 2.07. The Bertz CT molecular complexity index is 467. The first-order valence-corrected chi connectivity index (χ1v) is 6.22. The van der Waals surface area contributed by atoms with E-state index in [0.29, 0.717) is 0 Å². The molecular weight excluding hydrogens is 249 g/mol. The third-order valence-electron chi connectivity index (χ3n) is 3.23. The summed E-state index contributed by atoms with van der Waals surface area (Å²) >= 11 is 0. The zero-order valence-corrected chi connectivity index (χ0v) is 10.8. The fraction of sp³-hybridized carbons (Fsp3) is 0.500. The van der Waals surface area contributed by atoms with Gasteiger partial charge < -0.3 is 15.6 Å². The number of nitrogens with two attached hydrogens (primary N) is 1. The van der Waals surface area contributed by atoms with Gasteiger partial charge in [-0.2, -0.15) is 0 Å². The zero-order chi connectivity index (χ0) is 13.8. The number of nitrogens with zero attached hydrogens (tertiary/aromatic N) is 2. The van der Waals surface area contributed by atoms with Gasteiger partial charge in [0.2, 0.25) is 0 Å². The van der Waals surface area contributed by atoms with E-state index in [1.165, 1.54) is 12.3 Å². The van der Waals surface area contributed by atoms with Gasteiger partial charge in [-0.3, -0.25) is 4.79 Å². The number of hydrazine groups is 1. The zero-order valence-electron chi connectivity index (χ0n) is 10.8. The number of rotatable bonds is 3. The number of nitrogens with one attached hydrogen (secondary N) is 2. The summed E-state index contributed by atoms with van der Waals surface area (Å²) in [4.78, 5) is 17.9. The molecule has 1 aliphatic rings. The van der Waals surface area contributed by atoms with Crippen molar-refractivity contribution in [1.29, 1.82) is 0 Å². The van der Waals surface area contributed by atoms with Crippen LogP contribution >= 0.6 is 0 Å². The summed E-state index contributed by atoms with van der Waals surface area (Å²) in [5, 5.41) is 2.84. The van der Waals surface area contributed by atoms with E-state index >= 15 is 0 Å². The van der Waals surface area contributed by atoms with Crippen LogP contribution in [0.25, 0.3) is 0 Å². The molecule has 0 saturated carbocycles. The molecule has 1 unspecified atom stereocenters. The molecule has 6 nitrogen and oxygen atoms in total. The molecule has 1 aromatic rings. The maximum atomic E-state index is 13.9. The number of amides is 1. The molecule has 0 radical (unpaired) electrons. The Hall–Kier alpha value is -1.73. The third-order valence-corrected chi connectivity index (χ3v) is 3.23. The monoisotopic (exact) mass is 267 g/mol. The van der Waals surface area contributed by atoms with Gasteiger partial charge in [0.1, 0.15) is 0 Å². The maximum absolute atomic E-state index is 13.9. The van der Waals surface area contributed by atoms with E-state index in [1.54, 1.807) is 0 Å². The molecule has 0 bridgehead atoms. The summed E-state index contributed by atoms with van der Waals surface area (Å²) in [5.41, 5.74) is 2.08. The van der Waals surface area contributed by atoms with Crippen LogP contribution in [-0.4, -0.2) is 42.0 Å². The number of anilines is 1. The van der Waals surface area contributed by atoms with Crippen molar-refractivity contribution in [3.05, 3.63) is 23.6 Å². The molecule has 1 saturated heterocycles. The number of pyridine rings is 1. The van der Waals surface area contributed by atoms with Crippen LogP contribution in [0.2, 0.25) is 0 Å². The molecule has 7 heteroatoms. The standard InChI is InChI=1S/C12H18FN5O/c1-18-6-2-3-8(7-18)16-12(19)9-4-5-15-11(17-14)10(9)13/h4-5,8H,2-3,6-7,14H2,1H3,(H,15,17)(H,16,19). The molecule has 1 aliphatic heterocycles. The number of hydrogen-bond donors (Lipinski definition) is 3. The highest BCUT2D eigenvalue weighted by Gasteiger charge is 2.22. The van der Waals surface area contributed by atoms with Gasteiger partial charge in [0.05, 0.1) is 5.56 Å². The highest BCUT2D eigenvalue weighted by molar-refractivity contribution is 5.95. The lowest BCUT2D eigenvalue weighted by atomic mass is 10.1. The molecule has 0 aliphatic carbocycles. The quantitative estimate of drug-likeness (QED) is 0.543. The normalized spacial score (nSPS) is 20.1. The smallest absolute Gasteiger partial charge is 0.254 e. The number of likely N-dealkylation sites (tertiary alicyclic amines) is 1. The SMILES string of the molecule is CN1CCCC(NC(=O)c2ccnc(NN)c2F)C1. The predicted molar refractivity (Wildman–Crippen MR) is 70.0 cm³/mol. The van der Waals surface area contributed by atoms with Crippen molar-refractivity contribution in [3.8, 4) is 0 Å². The van der Waals surface area contributed by atoms with Crippen molar-refractivity contribution >= 4 is 11.7 Å². The second kappa shape index (κ2) is 5.94. The van der Waals surface area contributed by atoms with E-state index < -0.39 is 11.7 Å². The van der Waals surface area contributed by atoms with Gasteiger partial charge in [-0.25, -0.2) is 15.2 Å². The summed E-state index contributed by atoms with van der Waals surface area (Å²) < 4.78 is 13.9. The minimum absolute atomic E-state index is 0.0452. The van der Waals surface area contributed by atoms with Gasteiger partial charge in [-0.1, -0.05) is 0 Å². The van der Waals surface area contributed by atoms with E-state index in [-0.39, 0.29) is 17.4 Å². The van der Waals surface area contributed by atoms with Crippen LogP contribution in [0.5, 0.6) is 0 Å². The Morgan fingerprint density at radius 1 is 1.63 bits per heavy atom. The fourth-order valence-corrected chi connectivity index (χ4v) is 2.27. The van der Waals surface area contributed by atoms with Crippen LogP contribution in [0.4, 0.5) is 10.2 Å². The minimum atomic E-state index is -0.730. The van der Waals surface area contributed by atoms with Crippen LogP contribution < -0.4 is 16.6 Å². The van der Waals surface area contributed by atoms with E-state index in [9.17, 15) is 9.18 Å². The lowest BCUT2D eigenvalue weighted by Gasteiger charge is -2.30. The fourth-order valence-electron chi connectivity index (χ4n) is 2.27. The molecule has 1 amide bonds. The number of carbonyl (C=O) groups is 1. The number of carbonyl (C=O) groups excluding carboxylic acids is 1. The number of hydrogen-bond acceptors (Lipinski definition) is 5. The second-order valence-electron chi connectivity index (χ2n) is 4.74. The van der Waals surface area contributed by atoms with Gasteiger partial charge in [-0.05, 0) is 32.5 Å². The van der Waals surface area contributed by atoms with Crippen LogP contribution in [0.15, 0.2) is 12.3 Å². The number of aromatic nitrogens is 1. The van der Waals surface area contributed by atoms with Crippen LogP contribution in [-0.2, 0) is 0 Å². The van der Waals surface area contributed by atoms with Crippen molar-refractivity contribution in [1.82, 2.24) is 15.2 Å². The van der Waals surface area contributed by atoms with E-state index in [0.717, 1.165) is 25.9 Å². The van der Waals surface area contributed by atoms with Crippen LogP contribution in [0, 0.1) is 5.82 Å². The highest BCUT2D eigenvalue weighted by atomic mass is 19.1. The van der Waals surface area contributed by atoms with Crippen molar-refractivity contribution in [2.75, 3.05) is 25.6 Å². The first kappa shape index (κ1) is 13.7. The number of nitrogen functional groups attached to an aromatic ring is 1. The summed E-state index contributed by atoms with van der Waals surface area (Å²) in [6, 6.07) is 1.39. The van der Waals surface area contributed by atoms with Crippen LogP contribution in [0.3, 0.4) is 0 Å². The molecule has 1 atom stereocenters. The first-order valence-electron chi connectivity index (χ1n) is 6.22. The Morgan fingerprint density at radius 2 is 2.42 bits per heavy atom. The molecule has 19 heavy (non-hydrogen) atoms. The van der Waals surface area contributed by atoms with E-state index in [2.05, 4.69) is 20.6 Å². The number of halogens is 1. The van der Waals surface area contributed by atoms with Crippen LogP contribution in [0.1, 0.15) is 23.2 Å². The van der Waals surface area contributed by atoms with Gasteiger partial charge in [0.25, 0.3) is 5.91 Å². The average molecular weight is 267 g/mol. The van der Waals surface area contributed by atoms with Gasteiger partial charge in [-0.15, -0.1) is 0 Å². The largest absolute Gasteiger partial charge is 0.348 e. The second-order valence-corrected chi connectivity index (χ2v) is 4.74. The van der Waals surface area contributed by atoms with Crippen molar-refractivity contribution < 1.29 is 9.18 Å². The first-order chi connectivity index (χ1) is 9.11. The molecule has 2 heterocycles. The number of likely N-dealkylation sites (N-methyl/N-ethyl adjacent to an activating group) is 1. The summed E-state index contributed by atoms with van der Waals surface area (Å²) in [7, 11) is 2.00.